The topological polar surface area (TPSA) is 0 Å². The second-order valence-corrected chi connectivity index (χ2v) is 4.16. The molecule has 0 aliphatic carbocycles. The summed E-state index contributed by atoms with van der Waals surface area (Å²) in [6.45, 7) is 8.81. The molecule has 0 heterocycles. The fraction of sp³-hybridized carbons (Fsp3) is 0.600. The number of hydrogen-bond donors (Lipinski definition) is 0. The zero-order valence-corrected chi connectivity index (χ0v) is 10.8. The van der Waals surface area contributed by atoms with Gasteiger partial charge >= 0.3 is 0 Å². The summed E-state index contributed by atoms with van der Waals surface area (Å²) < 4.78 is 0. The van der Waals surface area contributed by atoms with Gasteiger partial charge in [0.1, 0.15) is 0 Å². The fourth-order valence-electron chi connectivity index (χ4n) is 1.46. The van der Waals surface area contributed by atoms with Crippen molar-refractivity contribution in [2.45, 2.75) is 59.3 Å². The van der Waals surface area contributed by atoms with Gasteiger partial charge in [-0.3, -0.25) is 0 Å². The van der Waals surface area contributed by atoms with Crippen LogP contribution in [0.1, 0.15) is 64.9 Å². The summed E-state index contributed by atoms with van der Waals surface area (Å²) in [5.41, 5.74) is 1.48. The van der Waals surface area contributed by atoms with Crippen molar-refractivity contribution >= 4 is 0 Å². The van der Waals surface area contributed by atoms with Crippen LogP contribution in [0.5, 0.6) is 0 Å². The van der Waals surface area contributed by atoms with Gasteiger partial charge in [-0.05, 0) is 17.9 Å². The largest absolute Gasteiger partial charge is 0.0656 e. The number of unbranched alkanes of at least 4 members (excludes halogenated alkanes) is 1. The quantitative estimate of drug-likeness (QED) is 0.619. The molecule has 0 saturated carbocycles. The molecule has 0 spiro atoms. The molecule has 1 aromatic rings. The SMILES string of the molecule is CCC.CCCCC(C)c1ccccc1. The highest BCUT2D eigenvalue weighted by Gasteiger charge is 2.02. The second-order valence-electron chi connectivity index (χ2n) is 4.16. The molecule has 1 rings (SSSR count). The minimum absolute atomic E-state index is 0.728. The molecule has 1 atom stereocenters. The van der Waals surface area contributed by atoms with Crippen molar-refractivity contribution in [1.29, 1.82) is 0 Å². The van der Waals surface area contributed by atoms with Gasteiger partial charge in [0.2, 0.25) is 0 Å². The molecule has 0 aromatic heterocycles. The third kappa shape index (κ3) is 7.18. The van der Waals surface area contributed by atoms with Gasteiger partial charge in [0.15, 0.2) is 0 Å². The summed E-state index contributed by atoms with van der Waals surface area (Å²) in [6, 6.07) is 10.8. The summed E-state index contributed by atoms with van der Waals surface area (Å²) in [6.07, 6.45) is 5.22. The second kappa shape index (κ2) is 9.76. The van der Waals surface area contributed by atoms with E-state index < -0.39 is 0 Å². The Bertz CT molecular complexity index is 213. The highest BCUT2D eigenvalue weighted by molar-refractivity contribution is 5.18. The lowest BCUT2D eigenvalue weighted by atomic mass is 9.96. The number of benzene rings is 1. The smallest absolute Gasteiger partial charge is 0.0190 e. The maximum atomic E-state index is 2.31. The molecule has 0 heteroatoms. The van der Waals surface area contributed by atoms with Crippen molar-refractivity contribution in [2.24, 2.45) is 0 Å². The van der Waals surface area contributed by atoms with Crippen LogP contribution in [0.4, 0.5) is 0 Å². The zero-order valence-electron chi connectivity index (χ0n) is 10.8. The van der Waals surface area contributed by atoms with Crippen molar-refractivity contribution in [3.05, 3.63) is 35.9 Å². The summed E-state index contributed by atoms with van der Waals surface area (Å²) in [5, 5.41) is 0. The molecule has 0 amide bonds. The number of rotatable bonds is 4. The lowest BCUT2D eigenvalue weighted by Crippen LogP contribution is -1.92. The van der Waals surface area contributed by atoms with E-state index >= 15 is 0 Å². The fourth-order valence-corrected chi connectivity index (χ4v) is 1.46. The molecule has 0 radical (unpaired) electrons. The third-order valence-electron chi connectivity index (χ3n) is 2.36. The Balaban J connectivity index is 0.000000583. The van der Waals surface area contributed by atoms with E-state index in [0.717, 1.165) is 5.92 Å². The average molecular weight is 206 g/mol. The van der Waals surface area contributed by atoms with Gasteiger partial charge < -0.3 is 0 Å². The van der Waals surface area contributed by atoms with Crippen LogP contribution in [0.25, 0.3) is 0 Å². The maximum Gasteiger partial charge on any atom is -0.0190 e. The van der Waals surface area contributed by atoms with Crippen molar-refractivity contribution in [3.63, 3.8) is 0 Å². The Morgan fingerprint density at radius 2 is 1.53 bits per heavy atom. The maximum absolute atomic E-state index is 2.31. The molecule has 0 bridgehead atoms. The minimum Gasteiger partial charge on any atom is -0.0656 e. The molecular formula is C15H26. The van der Waals surface area contributed by atoms with Crippen LogP contribution < -0.4 is 0 Å². The summed E-state index contributed by atoms with van der Waals surface area (Å²) in [5.74, 6) is 0.728. The van der Waals surface area contributed by atoms with Crippen LogP contribution in [0, 0.1) is 0 Å². The predicted octanol–water partition coefficient (Wildman–Crippen LogP) is 5.40. The first-order valence-electron chi connectivity index (χ1n) is 6.31. The molecular weight excluding hydrogens is 180 g/mol. The zero-order chi connectivity index (χ0) is 11.5. The molecule has 0 fully saturated rings. The van der Waals surface area contributed by atoms with E-state index in [4.69, 9.17) is 0 Å². The highest BCUT2D eigenvalue weighted by Crippen LogP contribution is 2.20. The molecule has 0 aliphatic heterocycles. The van der Waals surface area contributed by atoms with Crippen molar-refractivity contribution in [2.75, 3.05) is 0 Å². The van der Waals surface area contributed by atoms with Crippen LogP contribution in [0.2, 0.25) is 0 Å². The first kappa shape index (κ1) is 14.2. The van der Waals surface area contributed by atoms with Gasteiger partial charge in [-0.2, -0.15) is 0 Å². The Kier molecular flexibility index (Phi) is 9.26. The highest BCUT2D eigenvalue weighted by atomic mass is 14.1. The first-order chi connectivity index (χ1) is 7.26. The van der Waals surface area contributed by atoms with E-state index in [1.54, 1.807) is 0 Å². The Hall–Kier alpha value is -0.780. The molecule has 0 N–H and O–H groups in total. The standard InChI is InChI=1S/C12H18.C3H8/c1-3-4-8-11(2)12-9-6-5-7-10-12;1-3-2/h5-7,9-11H,3-4,8H2,1-2H3;3H2,1-2H3. The molecule has 1 unspecified atom stereocenters. The molecule has 0 nitrogen and oxygen atoms in total. The van der Waals surface area contributed by atoms with E-state index in [0.29, 0.717) is 0 Å². The third-order valence-corrected chi connectivity index (χ3v) is 2.36. The molecule has 0 aliphatic rings. The van der Waals surface area contributed by atoms with E-state index in [9.17, 15) is 0 Å². The van der Waals surface area contributed by atoms with Crippen molar-refractivity contribution in [1.82, 2.24) is 0 Å². The predicted molar refractivity (Wildman–Crippen MR) is 70.3 cm³/mol. The molecule has 0 saturated heterocycles. The van der Waals surface area contributed by atoms with E-state index in [-0.39, 0.29) is 0 Å². The van der Waals surface area contributed by atoms with Crippen molar-refractivity contribution in [3.8, 4) is 0 Å². The van der Waals surface area contributed by atoms with Crippen LogP contribution >= 0.6 is 0 Å². The van der Waals surface area contributed by atoms with Crippen LogP contribution in [-0.4, -0.2) is 0 Å². The van der Waals surface area contributed by atoms with E-state index in [2.05, 4.69) is 58.0 Å². The van der Waals surface area contributed by atoms with Gasteiger partial charge in [-0.1, -0.05) is 77.3 Å². The normalized spacial score (nSPS) is 11.5. The summed E-state index contributed by atoms with van der Waals surface area (Å²) in [7, 11) is 0. The van der Waals surface area contributed by atoms with E-state index in [1.807, 2.05) is 0 Å². The lowest BCUT2D eigenvalue weighted by Gasteiger charge is -2.10. The van der Waals surface area contributed by atoms with Gasteiger partial charge in [0, 0.05) is 0 Å². The average Bonchev–Trinajstić information content (AvgIpc) is 2.28. The lowest BCUT2D eigenvalue weighted by molar-refractivity contribution is 0.624. The van der Waals surface area contributed by atoms with Crippen molar-refractivity contribution < 1.29 is 0 Å². The Morgan fingerprint density at radius 1 is 1.00 bits per heavy atom. The summed E-state index contributed by atoms with van der Waals surface area (Å²) >= 11 is 0. The molecule has 1 aromatic carbocycles. The minimum atomic E-state index is 0.728. The monoisotopic (exact) mass is 206 g/mol. The van der Waals surface area contributed by atoms with Crippen LogP contribution in [0.15, 0.2) is 30.3 Å². The summed E-state index contributed by atoms with van der Waals surface area (Å²) in [4.78, 5) is 0. The van der Waals surface area contributed by atoms with E-state index in [1.165, 1.54) is 31.2 Å². The van der Waals surface area contributed by atoms with Gasteiger partial charge in [-0.15, -0.1) is 0 Å². The van der Waals surface area contributed by atoms with Gasteiger partial charge in [-0.25, -0.2) is 0 Å². The van der Waals surface area contributed by atoms with Gasteiger partial charge in [0.25, 0.3) is 0 Å². The Morgan fingerprint density at radius 3 is 2.00 bits per heavy atom. The van der Waals surface area contributed by atoms with Crippen LogP contribution in [-0.2, 0) is 0 Å². The Labute approximate surface area is 95.7 Å². The molecule has 15 heavy (non-hydrogen) atoms. The number of hydrogen-bond acceptors (Lipinski definition) is 0. The first-order valence-corrected chi connectivity index (χ1v) is 6.31. The molecule has 86 valence electrons. The van der Waals surface area contributed by atoms with Crippen LogP contribution in [0.3, 0.4) is 0 Å². The van der Waals surface area contributed by atoms with Gasteiger partial charge in [0.05, 0.1) is 0 Å².